The van der Waals surface area contributed by atoms with Crippen LogP contribution in [0.4, 0.5) is 18.9 Å². The van der Waals surface area contributed by atoms with Crippen LogP contribution in [0.15, 0.2) is 60.7 Å². The number of hydrogen-bond acceptors (Lipinski definition) is 3. The van der Waals surface area contributed by atoms with Crippen molar-refractivity contribution in [3.63, 3.8) is 0 Å². The Hall–Kier alpha value is -3.55. The molecular weight excluding hydrogens is 419 g/mol. The van der Waals surface area contributed by atoms with Gasteiger partial charge in [-0.1, -0.05) is 18.2 Å². The number of aromatic nitrogens is 2. The molecule has 1 saturated carbocycles. The molecule has 0 spiro atoms. The number of carbonyl (C=O) groups excluding carboxylic acids is 1. The zero-order chi connectivity index (χ0) is 22.7. The Bertz CT molecular complexity index is 1130. The van der Waals surface area contributed by atoms with Crippen LogP contribution in [0.5, 0.6) is 5.75 Å². The molecule has 1 fully saturated rings. The first-order valence-electron chi connectivity index (χ1n) is 10.3. The van der Waals surface area contributed by atoms with Crippen LogP contribution < -0.4 is 10.1 Å². The second kappa shape index (κ2) is 8.90. The summed E-state index contributed by atoms with van der Waals surface area (Å²) in [6, 6.07) is 15.1. The van der Waals surface area contributed by atoms with Crippen molar-refractivity contribution in [2.45, 2.75) is 31.9 Å². The molecule has 0 unspecified atom stereocenters. The third kappa shape index (κ3) is 5.01. The summed E-state index contributed by atoms with van der Waals surface area (Å²) in [7, 11) is 0. The fourth-order valence-electron chi connectivity index (χ4n) is 3.35. The molecule has 32 heavy (non-hydrogen) atoms. The molecule has 1 heterocycles. The molecule has 1 aliphatic carbocycles. The normalized spacial score (nSPS) is 14.0. The van der Waals surface area contributed by atoms with Crippen molar-refractivity contribution in [2.75, 3.05) is 11.9 Å². The molecule has 0 saturated heterocycles. The molecule has 0 radical (unpaired) electrons. The maximum Gasteiger partial charge on any atom is 0.435 e. The molecular formula is C24H22F3N3O2. The van der Waals surface area contributed by atoms with E-state index in [0.29, 0.717) is 29.4 Å². The van der Waals surface area contributed by atoms with Crippen LogP contribution >= 0.6 is 0 Å². The Labute approximate surface area is 183 Å². The lowest BCUT2D eigenvalue weighted by atomic mass is 10.2. The first kappa shape index (κ1) is 21.7. The topological polar surface area (TPSA) is 56.1 Å². The number of benzene rings is 2. The number of nitrogens with zero attached hydrogens (tertiary/aromatic N) is 2. The lowest BCUT2D eigenvalue weighted by Crippen LogP contribution is -2.09. The molecule has 1 aliphatic rings. The highest BCUT2D eigenvalue weighted by molar-refractivity contribution is 6.02. The van der Waals surface area contributed by atoms with Gasteiger partial charge < -0.3 is 10.1 Å². The summed E-state index contributed by atoms with van der Waals surface area (Å²) in [6.07, 6.45) is 0.292. The van der Waals surface area contributed by atoms with Gasteiger partial charge in [0, 0.05) is 28.9 Å². The van der Waals surface area contributed by atoms with Crippen LogP contribution in [0.3, 0.4) is 0 Å². The van der Waals surface area contributed by atoms with E-state index in [1.165, 1.54) is 10.8 Å². The predicted molar refractivity (Wildman–Crippen MR) is 116 cm³/mol. The monoisotopic (exact) mass is 441 g/mol. The molecule has 2 aromatic carbocycles. The Morgan fingerprint density at radius 1 is 1.19 bits per heavy atom. The van der Waals surface area contributed by atoms with Gasteiger partial charge >= 0.3 is 6.18 Å². The number of halogens is 3. The lowest BCUT2D eigenvalue weighted by molar-refractivity contribution is -0.141. The van der Waals surface area contributed by atoms with Gasteiger partial charge in [-0.2, -0.15) is 18.3 Å². The largest absolute Gasteiger partial charge is 0.493 e. The molecule has 166 valence electrons. The average Bonchev–Trinajstić information content (AvgIpc) is 3.51. The molecule has 4 rings (SSSR count). The summed E-state index contributed by atoms with van der Waals surface area (Å²) in [5.41, 5.74) is 1.49. The fraction of sp³-hybridized carbons (Fsp3) is 0.250. The van der Waals surface area contributed by atoms with Gasteiger partial charge in [0.15, 0.2) is 5.69 Å². The maximum atomic E-state index is 13.1. The van der Waals surface area contributed by atoms with Crippen LogP contribution in [0.1, 0.15) is 42.6 Å². The Morgan fingerprint density at radius 3 is 2.56 bits per heavy atom. The molecule has 5 nitrogen and oxygen atoms in total. The van der Waals surface area contributed by atoms with Crippen LogP contribution in [-0.2, 0) is 11.0 Å². The van der Waals surface area contributed by atoms with Gasteiger partial charge in [-0.3, -0.25) is 4.79 Å². The molecule has 1 aromatic heterocycles. The number of rotatable bonds is 7. The van der Waals surface area contributed by atoms with Crippen molar-refractivity contribution in [1.82, 2.24) is 9.78 Å². The van der Waals surface area contributed by atoms with Crippen LogP contribution in [0.25, 0.3) is 11.8 Å². The summed E-state index contributed by atoms with van der Waals surface area (Å²) < 4.78 is 46.2. The van der Waals surface area contributed by atoms with Crippen LogP contribution in [0, 0.1) is 0 Å². The van der Waals surface area contributed by atoms with E-state index in [0.717, 1.165) is 24.5 Å². The molecule has 0 aliphatic heterocycles. The zero-order valence-corrected chi connectivity index (χ0v) is 17.4. The molecule has 0 bridgehead atoms. The van der Waals surface area contributed by atoms with Crippen molar-refractivity contribution >= 4 is 17.7 Å². The van der Waals surface area contributed by atoms with Gasteiger partial charge in [-0.05, 0) is 62.2 Å². The number of anilines is 1. The van der Waals surface area contributed by atoms with Crippen LogP contribution in [0.2, 0.25) is 0 Å². The summed E-state index contributed by atoms with van der Waals surface area (Å²) in [6.45, 7) is 2.41. The Kier molecular flexibility index (Phi) is 6.03. The third-order valence-corrected chi connectivity index (χ3v) is 5.04. The van der Waals surface area contributed by atoms with Crippen molar-refractivity contribution in [3.8, 4) is 11.4 Å². The second-order valence-electron chi connectivity index (χ2n) is 7.48. The molecule has 1 N–H and O–H groups in total. The van der Waals surface area contributed by atoms with Crippen LogP contribution in [-0.4, -0.2) is 22.3 Å². The van der Waals surface area contributed by atoms with Gasteiger partial charge in [0.25, 0.3) is 0 Å². The minimum Gasteiger partial charge on any atom is -0.493 e. The Morgan fingerprint density at radius 2 is 1.91 bits per heavy atom. The standard InChI is InChI=1S/C24H22F3N3O2/c1-2-32-21-6-4-3-5-17(21)9-14-23(31)28-18-10-12-19(13-11-18)30-20(16-7-8-16)15-22(29-30)24(25,26)27/h3-6,9-16H,2,7-8H2,1H3,(H,28,31)/b14-9+. The van der Waals surface area contributed by atoms with E-state index in [2.05, 4.69) is 10.4 Å². The van der Waals surface area contributed by atoms with E-state index in [9.17, 15) is 18.0 Å². The number of nitrogens with one attached hydrogen (secondary N) is 1. The smallest absolute Gasteiger partial charge is 0.435 e. The molecule has 0 atom stereocenters. The summed E-state index contributed by atoms with van der Waals surface area (Å²) >= 11 is 0. The van der Waals surface area contributed by atoms with Gasteiger partial charge in [-0.15, -0.1) is 0 Å². The van der Waals surface area contributed by atoms with Gasteiger partial charge in [0.2, 0.25) is 5.91 Å². The summed E-state index contributed by atoms with van der Waals surface area (Å²) in [4.78, 5) is 12.3. The van der Waals surface area contributed by atoms with E-state index >= 15 is 0 Å². The minimum absolute atomic E-state index is 0.0997. The molecule has 8 heteroatoms. The summed E-state index contributed by atoms with van der Waals surface area (Å²) in [5, 5.41) is 6.52. The number of alkyl halides is 3. The van der Waals surface area contributed by atoms with Crippen molar-refractivity contribution in [3.05, 3.63) is 77.6 Å². The summed E-state index contributed by atoms with van der Waals surface area (Å²) in [5.74, 6) is 0.455. The van der Waals surface area contributed by atoms with Gasteiger partial charge in [0.1, 0.15) is 5.75 Å². The Balaban J connectivity index is 1.47. The molecule has 1 amide bonds. The average molecular weight is 441 g/mol. The fourth-order valence-corrected chi connectivity index (χ4v) is 3.35. The highest BCUT2D eigenvalue weighted by Gasteiger charge is 2.38. The van der Waals surface area contributed by atoms with Crippen molar-refractivity contribution < 1.29 is 22.7 Å². The highest BCUT2D eigenvalue weighted by Crippen LogP contribution is 2.43. The van der Waals surface area contributed by atoms with E-state index in [1.807, 2.05) is 31.2 Å². The first-order valence-corrected chi connectivity index (χ1v) is 10.3. The van der Waals surface area contributed by atoms with Gasteiger partial charge in [0.05, 0.1) is 12.3 Å². The number of carbonyl (C=O) groups is 1. The van der Waals surface area contributed by atoms with E-state index in [-0.39, 0.29) is 11.8 Å². The van der Waals surface area contributed by atoms with E-state index < -0.39 is 11.9 Å². The number of ether oxygens (including phenoxy) is 1. The predicted octanol–water partition coefficient (Wildman–Crippen LogP) is 5.82. The second-order valence-corrected chi connectivity index (χ2v) is 7.48. The van der Waals surface area contributed by atoms with Crippen molar-refractivity contribution in [1.29, 1.82) is 0 Å². The first-order chi connectivity index (χ1) is 15.3. The van der Waals surface area contributed by atoms with Gasteiger partial charge in [-0.25, -0.2) is 4.68 Å². The number of amides is 1. The highest BCUT2D eigenvalue weighted by atomic mass is 19.4. The maximum absolute atomic E-state index is 13.1. The number of hydrogen-bond donors (Lipinski definition) is 1. The van der Waals surface area contributed by atoms with E-state index in [1.54, 1.807) is 30.3 Å². The zero-order valence-electron chi connectivity index (χ0n) is 17.4. The third-order valence-electron chi connectivity index (χ3n) is 5.04. The van der Waals surface area contributed by atoms with E-state index in [4.69, 9.17) is 4.74 Å². The minimum atomic E-state index is -4.49. The van der Waals surface area contributed by atoms with Crippen molar-refractivity contribution in [2.24, 2.45) is 0 Å². The number of para-hydroxylation sites is 1. The lowest BCUT2D eigenvalue weighted by Gasteiger charge is -2.09. The quantitative estimate of drug-likeness (QED) is 0.470. The SMILES string of the molecule is CCOc1ccccc1/C=C/C(=O)Nc1ccc(-n2nc(C(F)(F)F)cc2C2CC2)cc1. The molecule has 3 aromatic rings.